The summed E-state index contributed by atoms with van der Waals surface area (Å²) in [5.41, 5.74) is 0. The molecule has 0 unspecified atom stereocenters. The fraction of sp³-hybridized carbons (Fsp3) is 0.692. The summed E-state index contributed by atoms with van der Waals surface area (Å²) in [6.45, 7) is 4.32. The Morgan fingerprint density at radius 2 is 1.84 bits per heavy atom. The van der Waals surface area contributed by atoms with Crippen molar-refractivity contribution in [2.24, 2.45) is 5.92 Å². The maximum Gasteiger partial charge on any atom is 0.329 e. The van der Waals surface area contributed by atoms with Gasteiger partial charge in [-0.2, -0.15) is 0 Å². The van der Waals surface area contributed by atoms with Gasteiger partial charge in [-0.15, -0.1) is 0 Å². The zero-order chi connectivity index (χ0) is 14.9. The first-order valence-electron chi connectivity index (χ1n) is 6.44. The Hall–Kier alpha value is -1.19. The van der Waals surface area contributed by atoms with E-state index in [-0.39, 0.29) is 0 Å². The van der Waals surface area contributed by atoms with Gasteiger partial charge in [0.2, 0.25) is 0 Å². The van der Waals surface area contributed by atoms with E-state index in [9.17, 15) is 9.59 Å². The van der Waals surface area contributed by atoms with Crippen LogP contribution in [0.1, 0.15) is 46.0 Å². The number of unbranched alkanes of at least 4 members (excludes halogenated alkanes) is 2. The molecule has 0 aliphatic carbocycles. The Bertz CT molecular complexity index is 325. The molecular weight excluding hydrogens is 242 g/mol. The monoisotopic (exact) mass is 262 g/mol. The maximum absolute atomic E-state index is 11.2. The van der Waals surface area contributed by atoms with Crippen molar-refractivity contribution in [2.75, 3.05) is 0 Å². The summed E-state index contributed by atoms with van der Waals surface area (Å²) in [6.07, 6.45) is 5.77. The van der Waals surface area contributed by atoms with Crippen molar-refractivity contribution in [3.63, 3.8) is 0 Å². The number of rotatable bonds is 9. The van der Waals surface area contributed by atoms with Crippen LogP contribution in [-0.4, -0.2) is 38.1 Å². The van der Waals surface area contributed by atoms with Gasteiger partial charge in [-0.05, 0) is 12.3 Å². The van der Waals surface area contributed by atoms with Crippen LogP contribution in [0.2, 0.25) is 0 Å². The fourth-order valence-electron chi connectivity index (χ4n) is 1.54. The highest BCUT2D eigenvalue weighted by atomic mass is 16.5. The third-order valence-corrected chi connectivity index (χ3v) is 2.50. The van der Waals surface area contributed by atoms with Crippen LogP contribution in [0.4, 0.5) is 0 Å². The second kappa shape index (κ2) is 8.83. The smallest absolute Gasteiger partial charge is 0.329 e. The van der Waals surface area contributed by atoms with Crippen LogP contribution < -0.4 is 0 Å². The molecule has 0 aromatic carbocycles. The number of aliphatic carboxylic acids is 1. The third-order valence-electron chi connectivity index (χ3n) is 2.50. The largest absolute Gasteiger partial charge is 0.478 e. The van der Waals surface area contributed by atoms with E-state index >= 15 is 0 Å². The van der Waals surface area contributed by atoms with E-state index in [1.807, 2.05) is 0 Å². The number of ether oxygens (including phenoxy) is 1. The van der Waals surface area contributed by atoms with Gasteiger partial charge in [0.25, 0.3) is 0 Å². The summed E-state index contributed by atoms with van der Waals surface area (Å²) in [5, 5.41) is 6.80. The molecule has 0 aliphatic heterocycles. The van der Waals surface area contributed by atoms with Crippen molar-refractivity contribution >= 4 is 27.6 Å². The average Bonchev–Trinajstić information content (AvgIpc) is 2.24. The van der Waals surface area contributed by atoms with Crippen LogP contribution in [0.25, 0.3) is 0 Å². The SMILES string of the molecule is [B]C([B])(CCCCCC(C)C)OC(=O)/C=C/C(=O)O. The Balaban J connectivity index is 3.91. The molecule has 102 valence electrons. The van der Waals surface area contributed by atoms with Crippen LogP contribution in [0.5, 0.6) is 0 Å². The van der Waals surface area contributed by atoms with Crippen LogP contribution in [-0.2, 0) is 14.3 Å². The number of carboxylic acid groups (broad SMARTS) is 1. The molecular formula is C13H20B2O4. The van der Waals surface area contributed by atoms with E-state index in [1.165, 1.54) is 0 Å². The summed E-state index contributed by atoms with van der Waals surface area (Å²) in [5.74, 6) is -1.42. The zero-order valence-corrected chi connectivity index (χ0v) is 11.6. The summed E-state index contributed by atoms with van der Waals surface area (Å²) in [4.78, 5) is 21.4. The lowest BCUT2D eigenvalue weighted by Crippen LogP contribution is -2.35. The number of esters is 1. The first-order chi connectivity index (χ1) is 8.73. The van der Waals surface area contributed by atoms with E-state index < -0.39 is 17.3 Å². The molecule has 4 nitrogen and oxygen atoms in total. The molecule has 0 saturated carbocycles. The zero-order valence-electron chi connectivity index (χ0n) is 11.6. The Kier molecular flexibility index (Phi) is 8.28. The average molecular weight is 262 g/mol. The molecule has 19 heavy (non-hydrogen) atoms. The van der Waals surface area contributed by atoms with Crippen molar-refractivity contribution in [1.82, 2.24) is 0 Å². The topological polar surface area (TPSA) is 63.6 Å². The first kappa shape index (κ1) is 17.8. The Morgan fingerprint density at radius 3 is 2.37 bits per heavy atom. The molecule has 0 spiro atoms. The van der Waals surface area contributed by atoms with E-state index in [2.05, 4.69) is 13.8 Å². The van der Waals surface area contributed by atoms with Gasteiger partial charge >= 0.3 is 11.9 Å². The minimum Gasteiger partial charge on any atom is -0.478 e. The molecule has 0 aromatic heterocycles. The number of hydrogen-bond donors (Lipinski definition) is 1. The Morgan fingerprint density at radius 1 is 1.21 bits per heavy atom. The highest BCUT2D eigenvalue weighted by molar-refractivity contribution is 6.39. The van der Waals surface area contributed by atoms with Gasteiger partial charge in [0.1, 0.15) is 15.7 Å². The van der Waals surface area contributed by atoms with Crippen molar-refractivity contribution in [1.29, 1.82) is 0 Å². The van der Waals surface area contributed by atoms with Gasteiger partial charge in [0, 0.05) is 17.6 Å². The van der Waals surface area contributed by atoms with Crippen molar-refractivity contribution in [2.45, 2.75) is 51.4 Å². The summed E-state index contributed by atoms with van der Waals surface area (Å²) >= 11 is 0. The number of hydrogen-bond acceptors (Lipinski definition) is 3. The molecule has 4 radical (unpaired) electrons. The lowest BCUT2D eigenvalue weighted by molar-refractivity contribution is -0.142. The number of carboxylic acids is 1. The highest BCUT2D eigenvalue weighted by Crippen LogP contribution is 2.15. The summed E-state index contributed by atoms with van der Waals surface area (Å²) < 4.78 is 4.78. The lowest BCUT2D eigenvalue weighted by atomic mass is 9.62. The van der Waals surface area contributed by atoms with Crippen LogP contribution >= 0.6 is 0 Å². The van der Waals surface area contributed by atoms with Crippen molar-refractivity contribution in [3.05, 3.63) is 12.2 Å². The molecule has 0 bridgehead atoms. The molecule has 0 aliphatic rings. The highest BCUT2D eigenvalue weighted by Gasteiger charge is 2.20. The minimum atomic E-state index is -1.54. The van der Waals surface area contributed by atoms with Gasteiger partial charge in [-0.25, -0.2) is 9.59 Å². The quantitative estimate of drug-likeness (QED) is 0.297. The van der Waals surface area contributed by atoms with Crippen LogP contribution in [0.15, 0.2) is 12.2 Å². The summed E-state index contributed by atoms with van der Waals surface area (Å²) in [7, 11) is 11.2. The standard InChI is InChI=1S/C13H20B2O4/c1-10(2)6-4-3-5-9-13(14,15)19-12(18)8-7-11(16)17/h7-8,10H,3-6,9H2,1-2H3,(H,16,17)/b8-7+. The summed E-state index contributed by atoms with van der Waals surface area (Å²) in [6, 6.07) is 0. The molecule has 0 fully saturated rings. The maximum atomic E-state index is 11.2. The third kappa shape index (κ3) is 11.6. The van der Waals surface area contributed by atoms with Crippen LogP contribution in [0, 0.1) is 5.92 Å². The first-order valence-corrected chi connectivity index (χ1v) is 6.44. The van der Waals surface area contributed by atoms with E-state index in [0.717, 1.165) is 31.8 Å². The van der Waals surface area contributed by atoms with Gasteiger partial charge in [-0.1, -0.05) is 39.5 Å². The van der Waals surface area contributed by atoms with Gasteiger partial charge < -0.3 is 9.84 Å². The molecule has 0 saturated heterocycles. The number of carbonyl (C=O) groups is 2. The second-order valence-electron chi connectivity index (χ2n) is 5.04. The van der Waals surface area contributed by atoms with Gasteiger partial charge in [0.15, 0.2) is 0 Å². The molecule has 1 N–H and O–H groups in total. The molecule has 6 heteroatoms. The molecule has 0 rings (SSSR count). The molecule has 0 atom stereocenters. The predicted octanol–water partition coefficient (Wildman–Crippen LogP) is 1.77. The molecule has 0 heterocycles. The van der Waals surface area contributed by atoms with Crippen molar-refractivity contribution < 1.29 is 19.4 Å². The minimum absolute atomic E-state index is 0.345. The van der Waals surface area contributed by atoms with Gasteiger partial charge in [0.05, 0.1) is 0 Å². The predicted molar refractivity (Wildman–Crippen MR) is 75.0 cm³/mol. The lowest BCUT2D eigenvalue weighted by Gasteiger charge is -2.25. The van der Waals surface area contributed by atoms with E-state index in [0.29, 0.717) is 18.4 Å². The van der Waals surface area contributed by atoms with Crippen LogP contribution in [0.3, 0.4) is 0 Å². The normalized spacial score (nSPS) is 11.9. The Labute approximate surface area is 117 Å². The van der Waals surface area contributed by atoms with Gasteiger partial charge in [-0.3, -0.25) is 0 Å². The number of carbonyl (C=O) groups excluding carboxylic acids is 1. The fourth-order valence-corrected chi connectivity index (χ4v) is 1.54. The van der Waals surface area contributed by atoms with Crippen molar-refractivity contribution in [3.8, 4) is 0 Å². The molecule has 0 aromatic rings. The van der Waals surface area contributed by atoms with E-state index in [4.69, 9.17) is 25.5 Å². The second-order valence-corrected chi connectivity index (χ2v) is 5.04. The van der Waals surface area contributed by atoms with E-state index in [1.54, 1.807) is 0 Å². The molecule has 0 amide bonds.